The summed E-state index contributed by atoms with van der Waals surface area (Å²) in [5.74, 6) is 0.369. The van der Waals surface area contributed by atoms with Gasteiger partial charge in [-0.15, -0.1) is 0 Å². The van der Waals surface area contributed by atoms with E-state index in [1.54, 1.807) is 0 Å². The zero-order valence-electron chi connectivity index (χ0n) is 12.8. The van der Waals surface area contributed by atoms with Gasteiger partial charge in [0.25, 0.3) is 5.91 Å². The maximum absolute atomic E-state index is 12.3. The highest BCUT2D eigenvalue weighted by atomic mass is 16.1. The van der Waals surface area contributed by atoms with Gasteiger partial charge < -0.3 is 11.1 Å². The Morgan fingerprint density at radius 3 is 3.00 bits per heavy atom. The Labute approximate surface area is 130 Å². The summed E-state index contributed by atoms with van der Waals surface area (Å²) in [7, 11) is 0. The van der Waals surface area contributed by atoms with E-state index in [4.69, 9.17) is 5.73 Å². The summed E-state index contributed by atoms with van der Waals surface area (Å²) in [5.41, 5.74) is 9.42. The van der Waals surface area contributed by atoms with E-state index in [0.717, 1.165) is 29.8 Å². The van der Waals surface area contributed by atoms with Crippen molar-refractivity contribution in [2.45, 2.75) is 44.6 Å². The first kappa shape index (κ1) is 14.8. The first-order valence-electron chi connectivity index (χ1n) is 7.89. The lowest BCUT2D eigenvalue weighted by Gasteiger charge is -2.12. The van der Waals surface area contributed by atoms with Gasteiger partial charge in [0.15, 0.2) is 5.69 Å². The van der Waals surface area contributed by atoms with Crippen molar-refractivity contribution in [3.05, 3.63) is 47.3 Å². The summed E-state index contributed by atoms with van der Waals surface area (Å²) in [6.45, 7) is 2.11. The molecule has 1 aliphatic carbocycles. The molecule has 0 bridgehead atoms. The minimum Gasteiger partial charge on any atom is -0.324 e. The molecule has 1 atom stereocenters. The third-order valence-electron chi connectivity index (χ3n) is 4.02. The van der Waals surface area contributed by atoms with Crippen LogP contribution in [0.1, 0.15) is 66.3 Å². The molecule has 5 heteroatoms. The summed E-state index contributed by atoms with van der Waals surface area (Å²) in [5, 5.41) is 9.94. The zero-order chi connectivity index (χ0) is 15.5. The van der Waals surface area contributed by atoms with Crippen molar-refractivity contribution < 1.29 is 4.79 Å². The Bertz CT molecular complexity index is 660. The van der Waals surface area contributed by atoms with Gasteiger partial charge in [-0.1, -0.05) is 25.5 Å². The normalized spacial score (nSPS) is 15.5. The van der Waals surface area contributed by atoms with Gasteiger partial charge in [0, 0.05) is 23.3 Å². The maximum Gasteiger partial charge on any atom is 0.276 e. The van der Waals surface area contributed by atoms with Crippen LogP contribution >= 0.6 is 0 Å². The Morgan fingerprint density at radius 2 is 2.27 bits per heavy atom. The Balaban J connectivity index is 1.68. The molecule has 1 saturated carbocycles. The average molecular weight is 298 g/mol. The molecule has 1 aromatic carbocycles. The predicted molar refractivity (Wildman–Crippen MR) is 86.8 cm³/mol. The Kier molecular flexibility index (Phi) is 4.24. The molecule has 1 heterocycles. The van der Waals surface area contributed by atoms with Crippen LogP contribution in [0, 0.1) is 0 Å². The summed E-state index contributed by atoms with van der Waals surface area (Å²) in [6, 6.07) is 9.57. The molecule has 22 heavy (non-hydrogen) atoms. The second-order valence-corrected chi connectivity index (χ2v) is 5.96. The molecule has 1 aromatic heterocycles. The van der Waals surface area contributed by atoms with Crippen molar-refractivity contribution in [1.29, 1.82) is 0 Å². The summed E-state index contributed by atoms with van der Waals surface area (Å²) < 4.78 is 0. The van der Waals surface area contributed by atoms with Crippen LogP contribution in [-0.2, 0) is 0 Å². The van der Waals surface area contributed by atoms with Crippen molar-refractivity contribution in [3.8, 4) is 0 Å². The molecule has 2 aromatic rings. The van der Waals surface area contributed by atoms with Crippen LogP contribution in [-0.4, -0.2) is 16.1 Å². The molecule has 0 spiro atoms. The van der Waals surface area contributed by atoms with E-state index in [0.29, 0.717) is 11.6 Å². The average Bonchev–Trinajstić information content (AvgIpc) is 3.25. The smallest absolute Gasteiger partial charge is 0.276 e. The lowest BCUT2D eigenvalue weighted by molar-refractivity contribution is 0.102. The van der Waals surface area contributed by atoms with Crippen molar-refractivity contribution in [2.75, 3.05) is 5.32 Å². The minimum absolute atomic E-state index is 0.00806. The van der Waals surface area contributed by atoms with Gasteiger partial charge >= 0.3 is 0 Å². The molecule has 0 aliphatic heterocycles. The second kappa shape index (κ2) is 6.32. The number of amides is 1. The fourth-order valence-electron chi connectivity index (χ4n) is 2.58. The molecule has 1 fully saturated rings. The van der Waals surface area contributed by atoms with Gasteiger partial charge in [-0.05, 0) is 43.0 Å². The Morgan fingerprint density at radius 1 is 1.45 bits per heavy atom. The quantitative estimate of drug-likeness (QED) is 0.764. The number of aromatic nitrogens is 2. The second-order valence-electron chi connectivity index (χ2n) is 5.96. The predicted octanol–water partition coefficient (Wildman–Crippen LogP) is 3.34. The van der Waals surface area contributed by atoms with Crippen LogP contribution in [0.5, 0.6) is 0 Å². The lowest BCUT2D eigenvalue weighted by Crippen LogP contribution is -2.14. The van der Waals surface area contributed by atoms with Gasteiger partial charge in [-0.3, -0.25) is 9.89 Å². The summed E-state index contributed by atoms with van der Waals surface area (Å²) >= 11 is 0. The molecular weight excluding hydrogens is 276 g/mol. The molecule has 0 radical (unpaired) electrons. The van der Waals surface area contributed by atoms with Gasteiger partial charge in [-0.2, -0.15) is 5.10 Å². The first-order valence-corrected chi connectivity index (χ1v) is 7.89. The van der Waals surface area contributed by atoms with E-state index in [2.05, 4.69) is 22.4 Å². The number of rotatable bonds is 6. The van der Waals surface area contributed by atoms with Crippen LogP contribution in [0.25, 0.3) is 0 Å². The van der Waals surface area contributed by atoms with Crippen LogP contribution in [0.2, 0.25) is 0 Å². The van der Waals surface area contributed by atoms with E-state index >= 15 is 0 Å². The Hall–Kier alpha value is -2.14. The fourth-order valence-corrected chi connectivity index (χ4v) is 2.58. The standard InChI is InChI=1S/C17H22N4O/c1-2-4-14(18)12-5-3-6-13(9-12)19-17(22)16-10-15(20-21-16)11-7-8-11/h3,5-6,9-11,14H,2,4,7-8,18H2,1H3,(H,19,22)(H,20,21). The largest absolute Gasteiger partial charge is 0.324 e. The highest BCUT2D eigenvalue weighted by Gasteiger charge is 2.26. The number of benzene rings is 1. The van der Waals surface area contributed by atoms with Crippen LogP contribution in [0.15, 0.2) is 30.3 Å². The number of carbonyl (C=O) groups is 1. The van der Waals surface area contributed by atoms with Crippen LogP contribution in [0.4, 0.5) is 5.69 Å². The van der Waals surface area contributed by atoms with Crippen molar-refractivity contribution in [3.63, 3.8) is 0 Å². The number of hydrogen-bond donors (Lipinski definition) is 3. The van der Waals surface area contributed by atoms with Gasteiger partial charge in [0.1, 0.15) is 0 Å². The number of nitrogens with two attached hydrogens (primary N) is 1. The topological polar surface area (TPSA) is 83.8 Å². The number of nitrogens with one attached hydrogen (secondary N) is 2. The number of H-pyrrole nitrogens is 1. The molecule has 1 amide bonds. The summed E-state index contributed by atoms with van der Waals surface area (Å²) in [4.78, 5) is 12.3. The molecule has 4 N–H and O–H groups in total. The zero-order valence-corrected chi connectivity index (χ0v) is 12.8. The highest BCUT2D eigenvalue weighted by molar-refractivity contribution is 6.02. The van der Waals surface area contributed by atoms with Crippen molar-refractivity contribution >= 4 is 11.6 Å². The van der Waals surface area contributed by atoms with Crippen molar-refractivity contribution in [2.24, 2.45) is 5.73 Å². The monoisotopic (exact) mass is 298 g/mol. The SMILES string of the molecule is CCCC(N)c1cccc(NC(=O)c2cc(C3CC3)[nH]n2)c1. The highest BCUT2D eigenvalue weighted by Crippen LogP contribution is 2.39. The number of anilines is 1. The van der Waals surface area contributed by atoms with Crippen molar-refractivity contribution in [1.82, 2.24) is 10.2 Å². The van der Waals surface area contributed by atoms with E-state index in [9.17, 15) is 4.79 Å². The van der Waals surface area contributed by atoms with Crippen LogP contribution < -0.4 is 11.1 Å². The third-order valence-corrected chi connectivity index (χ3v) is 4.02. The molecule has 5 nitrogen and oxygen atoms in total. The number of aromatic amines is 1. The summed E-state index contributed by atoms with van der Waals surface area (Å²) in [6.07, 6.45) is 4.33. The first-order chi connectivity index (χ1) is 10.7. The van der Waals surface area contributed by atoms with Gasteiger partial charge in [0.2, 0.25) is 0 Å². The molecular formula is C17H22N4O. The molecule has 116 valence electrons. The lowest BCUT2D eigenvalue weighted by atomic mass is 10.0. The molecule has 3 rings (SSSR count). The molecule has 0 saturated heterocycles. The van der Waals surface area contributed by atoms with E-state index in [1.807, 2.05) is 30.3 Å². The minimum atomic E-state index is -0.190. The van der Waals surface area contributed by atoms with E-state index in [1.165, 1.54) is 12.8 Å². The van der Waals surface area contributed by atoms with E-state index < -0.39 is 0 Å². The number of nitrogens with zero attached hydrogens (tertiary/aromatic N) is 1. The third kappa shape index (κ3) is 3.36. The molecule has 1 aliphatic rings. The van der Waals surface area contributed by atoms with Crippen LogP contribution in [0.3, 0.4) is 0 Å². The number of carbonyl (C=O) groups excluding carboxylic acids is 1. The van der Waals surface area contributed by atoms with E-state index in [-0.39, 0.29) is 11.9 Å². The molecule has 1 unspecified atom stereocenters. The maximum atomic E-state index is 12.3. The van der Waals surface area contributed by atoms with Gasteiger partial charge in [-0.25, -0.2) is 0 Å². The fraction of sp³-hybridized carbons (Fsp3) is 0.412. The van der Waals surface area contributed by atoms with Gasteiger partial charge in [0.05, 0.1) is 0 Å². The number of hydrogen-bond acceptors (Lipinski definition) is 3.